The van der Waals surface area contributed by atoms with E-state index in [1.54, 1.807) is 56.7 Å². The molecule has 0 unspecified atom stereocenters. The molecule has 0 atom stereocenters. The molecule has 3 aromatic carbocycles. The van der Waals surface area contributed by atoms with Crippen LogP contribution in [0.2, 0.25) is 0 Å². The molecule has 0 bridgehead atoms. The fourth-order valence-corrected chi connectivity index (χ4v) is 3.03. The lowest BCUT2D eigenvalue weighted by Gasteiger charge is -2.07. The van der Waals surface area contributed by atoms with E-state index < -0.39 is 5.97 Å². The van der Waals surface area contributed by atoms with E-state index >= 15 is 0 Å². The second-order valence-corrected chi connectivity index (χ2v) is 6.89. The molecule has 0 N–H and O–H groups in total. The number of hydrogen-bond donors (Lipinski definition) is 0. The van der Waals surface area contributed by atoms with Crippen LogP contribution in [0.1, 0.15) is 5.56 Å². The second kappa shape index (κ2) is 9.74. The molecule has 0 fully saturated rings. The smallest absolute Gasteiger partial charge is 0.336 e. The highest BCUT2D eigenvalue weighted by Crippen LogP contribution is 2.25. The number of carbonyl (C=O) groups is 1. The van der Waals surface area contributed by atoms with E-state index in [1.807, 2.05) is 12.1 Å². The number of ether oxygens (including phenoxy) is 4. The Morgan fingerprint density at radius 2 is 1.42 bits per heavy atom. The highest BCUT2D eigenvalue weighted by molar-refractivity contribution is 5.89. The van der Waals surface area contributed by atoms with Gasteiger partial charge in [-0.3, -0.25) is 4.79 Å². The van der Waals surface area contributed by atoms with Gasteiger partial charge < -0.3 is 23.4 Å². The normalized spacial score (nSPS) is 10.8. The molecule has 166 valence electrons. The fourth-order valence-electron chi connectivity index (χ4n) is 3.03. The van der Waals surface area contributed by atoms with Gasteiger partial charge in [0.05, 0.1) is 19.6 Å². The van der Waals surface area contributed by atoms with Gasteiger partial charge in [0.15, 0.2) is 0 Å². The lowest BCUT2D eigenvalue weighted by atomic mass is 10.2. The zero-order valence-corrected chi connectivity index (χ0v) is 17.9. The molecule has 0 amide bonds. The lowest BCUT2D eigenvalue weighted by Crippen LogP contribution is -2.06. The van der Waals surface area contributed by atoms with Crippen molar-refractivity contribution in [2.75, 3.05) is 14.2 Å². The summed E-state index contributed by atoms with van der Waals surface area (Å²) in [4.78, 5) is 24.9. The molecule has 4 rings (SSSR count). The summed E-state index contributed by atoms with van der Waals surface area (Å²) in [6.07, 6.45) is 4.17. The molecule has 0 aliphatic heterocycles. The molecular weight excluding hydrogens is 424 g/mol. The van der Waals surface area contributed by atoms with E-state index in [-0.39, 0.29) is 22.5 Å². The van der Waals surface area contributed by atoms with Crippen molar-refractivity contribution >= 4 is 23.0 Å². The second-order valence-electron chi connectivity index (χ2n) is 6.89. The van der Waals surface area contributed by atoms with E-state index in [0.29, 0.717) is 16.9 Å². The molecule has 0 aliphatic rings. The third-order valence-corrected chi connectivity index (χ3v) is 4.75. The minimum atomic E-state index is -0.563. The van der Waals surface area contributed by atoms with Crippen LogP contribution in [0.3, 0.4) is 0 Å². The number of carbonyl (C=O) groups excluding carboxylic acids is 1. The largest absolute Gasteiger partial charge is 0.497 e. The monoisotopic (exact) mass is 444 g/mol. The molecule has 0 saturated carbocycles. The maximum Gasteiger partial charge on any atom is 0.336 e. The van der Waals surface area contributed by atoms with E-state index in [1.165, 1.54) is 30.5 Å². The molecule has 7 heteroatoms. The van der Waals surface area contributed by atoms with Gasteiger partial charge in [-0.1, -0.05) is 12.1 Å². The van der Waals surface area contributed by atoms with Gasteiger partial charge in [0.25, 0.3) is 0 Å². The molecule has 33 heavy (non-hydrogen) atoms. The molecule has 0 aliphatic carbocycles. The molecule has 0 spiro atoms. The van der Waals surface area contributed by atoms with Crippen molar-refractivity contribution in [1.29, 1.82) is 0 Å². The highest BCUT2D eigenvalue weighted by atomic mass is 16.5. The molecule has 4 aromatic rings. The minimum Gasteiger partial charge on any atom is -0.497 e. The van der Waals surface area contributed by atoms with Gasteiger partial charge in [0.2, 0.25) is 11.2 Å². The number of hydrogen-bond acceptors (Lipinski definition) is 7. The summed E-state index contributed by atoms with van der Waals surface area (Å²) in [7, 11) is 3.15. The summed E-state index contributed by atoms with van der Waals surface area (Å²) < 4.78 is 26.7. The molecule has 0 radical (unpaired) electrons. The predicted molar refractivity (Wildman–Crippen MR) is 123 cm³/mol. The van der Waals surface area contributed by atoms with Crippen LogP contribution in [0.15, 0.2) is 88.3 Å². The Labute approximate surface area is 189 Å². The van der Waals surface area contributed by atoms with E-state index in [4.69, 9.17) is 23.4 Å². The van der Waals surface area contributed by atoms with E-state index in [9.17, 15) is 9.59 Å². The SMILES string of the molecule is COc1ccc(/C=C/C(=O)Oc2ccc3c(=O)c(Oc4ccc(OC)cc4)coc3c2)cc1. The Bertz CT molecular complexity index is 1350. The average Bonchev–Trinajstić information content (AvgIpc) is 2.85. The molecule has 0 saturated heterocycles. The van der Waals surface area contributed by atoms with Crippen molar-refractivity contribution < 1.29 is 28.2 Å². The Balaban J connectivity index is 1.47. The fraction of sp³-hybridized carbons (Fsp3) is 0.0769. The Morgan fingerprint density at radius 3 is 2.09 bits per heavy atom. The number of methoxy groups -OCH3 is 2. The number of benzene rings is 3. The average molecular weight is 444 g/mol. The van der Waals surface area contributed by atoms with E-state index in [0.717, 1.165) is 11.3 Å². The van der Waals surface area contributed by atoms with Crippen LogP contribution in [0.5, 0.6) is 28.7 Å². The van der Waals surface area contributed by atoms with Crippen LogP contribution in [-0.4, -0.2) is 20.2 Å². The maximum absolute atomic E-state index is 12.8. The van der Waals surface area contributed by atoms with Crippen LogP contribution >= 0.6 is 0 Å². The summed E-state index contributed by atoms with van der Waals surface area (Å²) in [5.41, 5.74) is 0.748. The summed E-state index contributed by atoms with van der Waals surface area (Å²) in [5.74, 6) is 1.60. The van der Waals surface area contributed by atoms with Crippen molar-refractivity contribution in [1.82, 2.24) is 0 Å². The van der Waals surface area contributed by atoms with Gasteiger partial charge in [-0.25, -0.2) is 4.79 Å². The van der Waals surface area contributed by atoms with Crippen LogP contribution in [-0.2, 0) is 4.79 Å². The number of rotatable bonds is 7. The first-order valence-electron chi connectivity index (χ1n) is 9.97. The third-order valence-electron chi connectivity index (χ3n) is 4.75. The zero-order chi connectivity index (χ0) is 23.2. The summed E-state index contributed by atoms with van der Waals surface area (Å²) in [6, 6.07) is 18.6. The maximum atomic E-state index is 12.8. The molecule has 7 nitrogen and oxygen atoms in total. The molecule has 1 aromatic heterocycles. The quantitative estimate of drug-likeness (QED) is 0.219. The Hall–Kier alpha value is -4.52. The van der Waals surface area contributed by atoms with Crippen molar-refractivity contribution in [3.63, 3.8) is 0 Å². The van der Waals surface area contributed by atoms with Crippen LogP contribution in [0.25, 0.3) is 17.0 Å². The van der Waals surface area contributed by atoms with Gasteiger partial charge in [0.1, 0.15) is 34.8 Å². The Kier molecular flexibility index (Phi) is 6.40. The van der Waals surface area contributed by atoms with Gasteiger partial charge in [-0.05, 0) is 60.2 Å². The third kappa shape index (κ3) is 5.22. The lowest BCUT2D eigenvalue weighted by molar-refractivity contribution is -0.128. The Morgan fingerprint density at radius 1 is 0.818 bits per heavy atom. The van der Waals surface area contributed by atoms with Crippen molar-refractivity contribution in [2.24, 2.45) is 0 Å². The van der Waals surface area contributed by atoms with Crippen LogP contribution < -0.4 is 24.4 Å². The first kappa shape index (κ1) is 21.7. The van der Waals surface area contributed by atoms with Gasteiger partial charge in [0, 0.05) is 12.1 Å². The molecular formula is C26H20O7. The van der Waals surface area contributed by atoms with Crippen LogP contribution in [0, 0.1) is 0 Å². The summed E-state index contributed by atoms with van der Waals surface area (Å²) in [5, 5.41) is 0.301. The number of esters is 1. The van der Waals surface area contributed by atoms with Gasteiger partial charge in [-0.2, -0.15) is 0 Å². The van der Waals surface area contributed by atoms with Crippen molar-refractivity contribution in [2.45, 2.75) is 0 Å². The van der Waals surface area contributed by atoms with Crippen LogP contribution in [0.4, 0.5) is 0 Å². The zero-order valence-electron chi connectivity index (χ0n) is 17.9. The predicted octanol–water partition coefficient (Wildman–Crippen LogP) is 5.22. The minimum absolute atomic E-state index is 0.0415. The topological polar surface area (TPSA) is 84.2 Å². The first-order chi connectivity index (χ1) is 16.1. The van der Waals surface area contributed by atoms with Crippen molar-refractivity contribution in [3.8, 4) is 28.7 Å². The van der Waals surface area contributed by atoms with Gasteiger partial charge >= 0.3 is 5.97 Å². The van der Waals surface area contributed by atoms with Gasteiger partial charge in [-0.15, -0.1) is 0 Å². The summed E-state index contributed by atoms with van der Waals surface area (Å²) >= 11 is 0. The molecule has 1 heterocycles. The van der Waals surface area contributed by atoms with E-state index in [2.05, 4.69) is 0 Å². The first-order valence-corrected chi connectivity index (χ1v) is 9.97. The standard InChI is InChI=1S/C26H20O7/c1-29-18-6-3-17(4-7-18)5-14-25(27)33-21-12-13-22-23(15-21)31-16-24(26(22)28)32-20-10-8-19(30-2)9-11-20/h3-16H,1-2H3/b14-5+. The highest BCUT2D eigenvalue weighted by Gasteiger charge is 2.11. The van der Waals surface area contributed by atoms with Crippen molar-refractivity contribution in [3.05, 3.63) is 94.9 Å². The number of fused-ring (bicyclic) bond motifs is 1. The summed E-state index contributed by atoms with van der Waals surface area (Å²) in [6.45, 7) is 0.